The fraction of sp³-hybridized carbons (Fsp3) is 0.286. The summed E-state index contributed by atoms with van der Waals surface area (Å²) in [4.78, 5) is 27.9. The van der Waals surface area contributed by atoms with Crippen molar-refractivity contribution in [2.24, 2.45) is 5.73 Å². The Morgan fingerprint density at radius 3 is 2.68 bits per heavy atom. The second-order valence-corrected chi connectivity index (χ2v) is 7.05. The first-order valence-corrected chi connectivity index (χ1v) is 8.73. The number of hydrogen-bond donors (Lipinski definition) is 2. The van der Waals surface area contributed by atoms with Crippen molar-refractivity contribution in [3.8, 4) is 5.75 Å². The maximum absolute atomic E-state index is 14.0. The average Bonchev–Trinajstić information content (AvgIpc) is 2.61. The Balaban J connectivity index is 2.26. The van der Waals surface area contributed by atoms with Crippen LogP contribution in [0.3, 0.4) is 0 Å². The maximum Gasteiger partial charge on any atom is 0.255 e. The van der Waals surface area contributed by atoms with E-state index in [1.54, 1.807) is 52.0 Å². The number of aldehydes is 1. The molecule has 0 unspecified atom stereocenters. The predicted molar refractivity (Wildman–Crippen MR) is 105 cm³/mol. The number of pyridine rings is 1. The molecule has 0 saturated carbocycles. The molecule has 28 heavy (non-hydrogen) atoms. The zero-order valence-electron chi connectivity index (χ0n) is 16.4. The van der Waals surface area contributed by atoms with Crippen molar-refractivity contribution in [3.63, 3.8) is 0 Å². The van der Waals surface area contributed by atoms with Crippen molar-refractivity contribution >= 4 is 17.8 Å². The summed E-state index contributed by atoms with van der Waals surface area (Å²) in [5.41, 5.74) is 6.75. The summed E-state index contributed by atoms with van der Waals surface area (Å²) < 4.78 is 19.7. The molecule has 2 aromatic rings. The van der Waals surface area contributed by atoms with Gasteiger partial charge < -0.3 is 20.6 Å². The van der Waals surface area contributed by atoms with E-state index in [2.05, 4.69) is 10.3 Å². The topological polar surface area (TPSA) is 94.3 Å². The van der Waals surface area contributed by atoms with Crippen molar-refractivity contribution in [3.05, 3.63) is 64.9 Å². The summed E-state index contributed by atoms with van der Waals surface area (Å²) in [6.45, 7) is 6.56. The molecule has 0 bridgehead atoms. The zero-order valence-corrected chi connectivity index (χ0v) is 16.4. The Morgan fingerprint density at radius 2 is 2.07 bits per heavy atom. The first-order valence-electron chi connectivity index (χ1n) is 8.73. The van der Waals surface area contributed by atoms with E-state index in [1.807, 2.05) is 0 Å². The van der Waals surface area contributed by atoms with Crippen LogP contribution in [0.5, 0.6) is 5.75 Å². The van der Waals surface area contributed by atoms with Gasteiger partial charge in [0.05, 0.1) is 16.8 Å². The van der Waals surface area contributed by atoms with Gasteiger partial charge in [-0.3, -0.25) is 9.78 Å². The predicted octanol–water partition coefficient (Wildman–Crippen LogP) is 2.89. The van der Waals surface area contributed by atoms with Crippen molar-refractivity contribution in [2.45, 2.75) is 39.8 Å². The van der Waals surface area contributed by atoms with E-state index in [9.17, 15) is 14.0 Å². The van der Waals surface area contributed by atoms with Crippen LogP contribution in [0.25, 0.3) is 5.57 Å². The number of halogens is 1. The SMILES string of the molecule is C/C(N)=C(\C(=O)NC(C)(C)C=O)c1cc(OCc2c(C)cccc2F)ccn1. The molecule has 0 atom stereocenters. The quantitative estimate of drug-likeness (QED) is 0.565. The highest BCUT2D eigenvalue weighted by atomic mass is 19.1. The van der Waals surface area contributed by atoms with Gasteiger partial charge in [-0.25, -0.2) is 4.39 Å². The summed E-state index contributed by atoms with van der Waals surface area (Å²) in [6.07, 6.45) is 2.11. The largest absolute Gasteiger partial charge is 0.489 e. The highest BCUT2D eigenvalue weighted by Crippen LogP contribution is 2.22. The molecular weight excluding hydrogens is 361 g/mol. The number of benzene rings is 1. The fourth-order valence-corrected chi connectivity index (χ4v) is 2.52. The van der Waals surface area contributed by atoms with Gasteiger partial charge >= 0.3 is 0 Å². The Morgan fingerprint density at radius 1 is 1.36 bits per heavy atom. The van der Waals surface area contributed by atoms with Crippen LogP contribution in [0.1, 0.15) is 37.6 Å². The summed E-state index contributed by atoms with van der Waals surface area (Å²) in [5.74, 6) is -0.455. The molecule has 0 aliphatic heterocycles. The number of nitrogens with zero attached hydrogens (tertiary/aromatic N) is 1. The molecule has 2 rings (SSSR count). The fourth-order valence-electron chi connectivity index (χ4n) is 2.52. The Bertz CT molecular complexity index is 899. The summed E-state index contributed by atoms with van der Waals surface area (Å²) in [6, 6.07) is 7.98. The second-order valence-electron chi connectivity index (χ2n) is 7.05. The van der Waals surface area contributed by atoms with Crippen LogP contribution in [0.4, 0.5) is 4.39 Å². The minimum atomic E-state index is -1.05. The van der Waals surface area contributed by atoms with Crippen molar-refractivity contribution in [1.29, 1.82) is 0 Å². The lowest BCUT2D eigenvalue weighted by Gasteiger charge is -2.20. The van der Waals surface area contributed by atoms with Crippen molar-refractivity contribution < 1.29 is 18.7 Å². The van der Waals surface area contributed by atoms with E-state index in [-0.39, 0.29) is 23.7 Å². The van der Waals surface area contributed by atoms with Crippen LogP contribution >= 0.6 is 0 Å². The van der Waals surface area contributed by atoms with Gasteiger partial charge in [-0.1, -0.05) is 12.1 Å². The number of carbonyl (C=O) groups excluding carboxylic acids is 2. The first kappa shape index (κ1) is 21.1. The number of nitrogens with two attached hydrogens (primary N) is 1. The van der Waals surface area contributed by atoms with Gasteiger partial charge in [0.2, 0.25) is 0 Å². The molecule has 0 aliphatic carbocycles. The highest BCUT2D eigenvalue weighted by Gasteiger charge is 2.24. The third-order valence-electron chi connectivity index (χ3n) is 4.08. The molecule has 1 aromatic heterocycles. The molecular formula is C21H24FN3O3. The van der Waals surface area contributed by atoms with Gasteiger partial charge in [0.15, 0.2) is 0 Å². The molecule has 1 aromatic carbocycles. The first-order chi connectivity index (χ1) is 13.1. The standard InChI is InChI=1S/C21H24FN3O3/c1-13-6-5-7-17(22)16(13)11-28-15-8-9-24-18(10-15)19(14(2)23)20(27)25-21(3,4)12-26/h5-10,12H,11,23H2,1-4H3,(H,25,27)/b19-14+. The van der Waals surface area contributed by atoms with Crippen LogP contribution in [0, 0.1) is 12.7 Å². The number of ether oxygens (including phenoxy) is 1. The van der Waals surface area contributed by atoms with Crippen LogP contribution in [0.15, 0.2) is 42.2 Å². The normalized spacial score (nSPS) is 12.2. The molecule has 0 spiro atoms. The Kier molecular flexibility index (Phi) is 6.51. The van der Waals surface area contributed by atoms with Gasteiger partial charge in [-0.2, -0.15) is 0 Å². The monoisotopic (exact) mass is 385 g/mol. The lowest BCUT2D eigenvalue weighted by atomic mass is 10.0. The van der Waals surface area contributed by atoms with Gasteiger partial charge in [0.1, 0.15) is 24.5 Å². The van der Waals surface area contributed by atoms with Gasteiger partial charge in [-0.05, 0) is 45.4 Å². The van der Waals surface area contributed by atoms with Gasteiger partial charge in [-0.15, -0.1) is 0 Å². The number of nitrogens with one attached hydrogen (secondary N) is 1. The molecule has 0 aliphatic rings. The third-order valence-corrected chi connectivity index (χ3v) is 4.08. The zero-order chi connectivity index (χ0) is 20.9. The third kappa shape index (κ3) is 5.16. The minimum absolute atomic E-state index is 0.0347. The summed E-state index contributed by atoms with van der Waals surface area (Å²) >= 11 is 0. The number of allylic oxidation sites excluding steroid dienone is 1. The summed E-state index contributed by atoms with van der Waals surface area (Å²) in [5, 5.41) is 2.60. The molecule has 1 heterocycles. The molecule has 0 saturated heterocycles. The molecule has 0 fully saturated rings. The van der Waals surface area contributed by atoms with E-state index in [4.69, 9.17) is 10.5 Å². The lowest BCUT2D eigenvalue weighted by Crippen LogP contribution is -2.45. The molecule has 0 radical (unpaired) electrons. The van der Waals surface area contributed by atoms with Crippen LogP contribution in [-0.2, 0) is 16.2 Å². The average molecular weight is 385 g/mol. The van der Waals surface area contributed by atoms with Crippen LogP contribution in [0.2, 0.25) is 0 Å². The number of aryl methyl sites for hydroxylation is 1. The molecule has 6 nitrogen and oxygen atoms in total. The number of aromatic nitrogens is 1. The summed E-state index contributed by atoms with van der Waals surface area (Å²) in [7, 11) is 0. The smallest absolute Gasteiger partial charge is 0.255 e. The van der Waals surface area contributed by atoms with Crippen molar-refractivity contribution in [2.75, 3.05) is 0 Å². The van der Waals surface area contributed by atoms with E-state index in [0.717, 1.165) is 5.56 Å². The van der Waals surface area contributed by atoms with E-state index < -0.39 is 11.4 Å². The van der Waals surface area contributed by atoms with E-state index in [1.165, 1.54) is 12.3 Å². The number of hydrogen-bond acceptors (Lipinski definition) is 5. The lowest BCUT2D eigenvalue weighted by molar-refractivity contribution is -0.121. The van der Waals surface area contributed by atoms with Crippen LogP contribution < -0.4 is 15.8 Å². The molecule has 7 heteroatoms. The van der Waals surface area contributed by atoms with Gasteiger partial charge in [0.25, 0.3) is 5.91 Å². The number of carbonyl (C=O) groups is 2. The molecule has 3 N–H and O–H groups in total. The van der Waals surface area contributed by atoms with E-state index >= 15 is 0 Å². The van der Waals surface area contributed by atoms with Crippen molar-refractivity contribution in [1.82, 2.24) is 10.3 Å². The molecule has 1 amide bonds. The minimum Gasteiger partial charge on any atom is -0.489 e. The van der Waals surface area contributed by atoms with E-state index in [0.29, 0.717) is 23.3 Å². The number of amides is 1. The van der Waals surface area contributed by atoms with Crippen LogP contribution in [-0.4, -0.2) is 22.7 Å². The number of rotatable bonds is 7. The van der Waals surface area contributed by atoms with Gasteiger partial charge in [0, 0.05) is 23.5 Å². The Labute approximate surface area is 163 Å². The molecule has 148 valence electrons. The Hall–Kier alpha value is -3.22. The highest BCUT2D eigenvalue weighted by molar-refractivity contribution is 6.20. The maximum atomic E-state index is 14.0. The second kappa shape index (κ2) is 8.65.